The summed E-state index contributed by atoms with van der Waals surface area (Å²) in [5.41, 5.74) is 4.15. The molecule has 1 aromatic carbocycles. The molecule has 6 nitrogen and oxygen atoms in total. The molecule has 1 amide bonds. The van der Waals surface area contributed by atoms with Gasteiger partial charge in [0.2, 0.25) is 5.91 Å². The minimum Gasteiger partial charge on any atom is -0.493 e. The van der Waals surface area contributed by atoms with Crippen molar-refractivity contribution in [2.45, 2.75) is 60.2 Å². The van der Waals surface area contributed by atoms with Gasteiger partial charge in [-0.15, -0.1) is 0 Å². The first-order valence-electron chi connectivity index (χ1n) is 11.3. The number of hydrogen-bond donors (Lipinski definition) is 1. The van der Waals surface area contributed by atoms with Crippen molar-refractivity contribution in [1.82, 2.24) is 15.2 Å². The second kappa shape index (κ2) is 11.8. The average Bonchev–Trinajstić information content (AvgIpc) is 2.76. The van der Waals surface area contributed by atoms with Crippen LogP contribution in [0.15, 0.2) is 36.5 Å². The Morgan fingerprint density at radius 3 is 2.64 bits per heavy atom. The number of para-hydroxylation sites is 1. The van der Waals surface area contributed by atoms with Gasteiger partial charge in [0.25, 0.3) is 0 Å². The molecule has 0 saturated heterocycles. The van der Waals surface area contributed by atoms with E-state index >= 15 is 0 Å². The van der Waals surface area contributed by atoms with Crippen molar-refractivity contribution in [3.63, 3.8) is 0 Å². The van der Waals surface area contributed by atoms with Gasteiger partial charge in [-0.05, 0) is 62.4 Å². The Hall–Kier alpha value is -2.99. The molecule has 6 heteroatoms. The molecule has 1 heterocycles. The number of pyridine rings is 1. The third-order valence-corrected chi connectivity index (χ3v) is 5.30. The molecule has 0 radical (unpaired) electrons. The number of nitrogens with one attached hydrogen (secondary N) is 1. The highest BCUT2D eigenvalue weighted by molar-refractivity contribution is 5.91. The van der Waals surface area contributed by atoms with Crippen molar-refractivity contribution in [2.75, 3.05) is 13.7 Å². The van der Waals surface area contributed by atoms with Crippen molar-refractivity contribution >= 4 is 18.3 Å². The van der Waals surface area contributed by atoms with Gasteiger partial charge in [0, 0.05) is 43.7 Å². The number of aromatic nitrogens is 1. The van der Waals surface area contributed by atoms with Crippen LogP contribution in [-0.2, 0) is 22.7 Å². The largest absolute Gasteiger partial charge is 0.493 e. The molecule has 0 aliphatic carbocycles. The van der Waals surface area contributed by atoms with E-state index < -0.39 is 5.54 Å². The highest BCUT2D eigenvalue weighted by atomic mass is 16.5. The number of likely N-dealkylation sites (N-methyl/N-ethyl adjacent to an activating group) is 1. The van der Waals surface area contributed by atoms with Crippen molar-refractivity contribution in [1.29, 1.82) is 0 Å². The van der Waals surface area contributed by atoms with Gasteiger partial charge in [0.15, 0.2) is 0 Å². The maximum absolute atomic E-state index is 12.8. The molecule has 0 bridgehead atoms. The summed E-state index contributed by atoms with van der Waals surface area (Å²) in [6.45, 7) is 13.4. The standard InChI is InChI=1S/C27H37N3O3/c1-19(2)17-33-26-20(3)9-8-10-23(26)16-30(7)25(32)12-11-22-13-24(21(4)28-14-22)15-29-27(5,6)18-31/h8-14,18-19,29H,15-17H2,1-7H3/b12-11+. The molecule has 2 aromatic rings. The fraction of sp³-hybridized carbons (Fsp3) is 0.444. The molecule has 0 atom stereocenters. The van der Waals surface area contributed by atoms with Crippen LogP contribution < -0.4 is 10.1 Å². The summed E-state index contributed by atoms with van der Waals surface area (Å²) >= 11 is 0. The lowest BCUT2D eigenvalue weighted by atomic mass is 10.1. The molecule has 0 spiro atoms. The van der Waals surface area contributed by atoms with Crippen LogP contribution in [-0.4, -0.2) is 41.3 Å². The number of aldehydes is 1. The lowest BCUT2D eigenvalue weighted by Gasteiger charge is -2.20. The van der Waals surface area contributed by atoms with E-state index in [9.17, 15) is 9.59 Å². The first-order chi connectivity index (χ1) is 15.5. The number of carbonyl (C=O) groups is 2. The molecule has 0 aliphatic rings. The van der Waals surface area contributed by atoms with Crippen LogP contribution in [0.3, 0.4) is 0 Å². The minimum atomic E-state index is -0.607. The van der Waals surface area contributed by atoms with Gasteiger partial charge in [0.05, 0.1) is 12.1 Å². The fourth-order valence-corrected chi connectivity index (χ4v) is 3.15. The number of aryl methyl sites for hydroxylation is 2. The minimum absolute atomic E-state index is 0.103. The quantitative estimate of drug-likeness (QED) is 0.403. The number of benzene rings is 1. The van der Waals surface area contributed by atoms with E-state index in [1.54, 1.807) is 30.3 Å². The summed E-state index contributed by atoms with van der Waals surface area (Å²) in [4.78, 5) is 30.0. The first kappa shape index (κ1) is 26.3. The molecule has 1 N–H and O–H groups in total. The molecule has 0 fully saturated rings. The Morgan fingerprint density at radius 1 is 1.24 bits per heavy atom. The Bertz CT molecular complexity index is 996. The predicted molar refractivity (Wildman–Crippen MR) is 133 cm³/mol. The Balaban J connectivity index is 2.08. The molecular formula is C27H37N3O3. The van der Waals surface area contributed by atoms with Gasteiger partial charge in [0.1, 0.15) is 12.0 Å². The van der Waals surface area contributed by atoms with E-state index in [1.165, 1.54) is 0 Å². The van der Waals surface area contributed by atoms with Gasteiger partial charge in [-0.3, -0.25) is 9.78 Å². The molecule has 178 valence electrons. The molecule has 1 aromatic heterocycles. The third-order valence-electron chi connectivity index (χ3n) is 5.30. The number of ether oxygens (including phenoxy) is 1. The normalized spacial score (nSPS) is 11.8. The zero-order chi connectivity index (χ0) is 24.6. The summed E-state index contributed by atoms with van der Waals surface area (Å²) in [5.74, 6) is 1.18. The zero-order valence-electron chi connectivity index (χ0n) is 20.9. The fourth-order valence-electron chi connectivity index (χ4n) is 3.15. The summed E-state index contributed by atoms with van der Waals surface area (Å²) in [6, 6.07) is 7.99. The predicted octanol–water partition coefficient (Wildman–Crippen LogP) is 4.47. The van der Waals surface area contributed by atoms with Crippen LogP contribution in [0.5, 0.6) is 5.75 Å². The highest BCUT2D eigenvalue weighted by Crippen LogP contribution is 2.25. The van der Waals surface area contributed by atoms with Crippen molar-refractivity contribution in [2.24, 2.45) is 5.92 Å². The summed E-state index contributed by atoms with van der Waals surface area (Å²) in [7, 11) is 1.78. The molecule has 0 aliphatic heterocycles. The van der Waals surface area contributed by atoms with E-state index in [4.69, 9.17) is 4.74 Å². The van der Waals surface area contributed by atoms with Crippen LogP contribution in [0.1, 0.15) is 55.6 Å². The average molecular weight is 452 g/mol. The number of carbonyl (C=O) groups excluding carboxylic acids is 2. The number of rotatable bonds is 11. The molecule has 33 heavy (non-hydrogen) atoms. The summed E-state index contributed by atoms with van der Waals surface area (Å²) < 4.78 is 6.03. The summed E-state index contributed by atoms with van der Waals surface area (Å²) in [6.07, 6.45) is 5.96. The first-order valence-corrected chi connectivity index (χ1v) is 11.3. The number of nitrogens with zero attached hydrogens (tertiary/aromatic N) is 2. The maximum atomic E-state index is 12.8. The molecule has 2 rings (SSSR count). The smallest absolute Gasteiger partial charge is 0.246 e. The third kappa shape index (κ3) is 8.13. The lowest BCUT2D eigenvalue weighted by molar-refractivity contribution is -0.125. The van der Waals surface area contributed by atoms with E-state index in [0.717, 1.165) is 40.0 Å². The van der Waals surface area contributed by atoms with E-state index in [0.29, 0.717) is 25.6 Å². The van der Waals surface area contributed by atoms with Gasteiger partial charge in [-0.2, -0.15) is 0 Å². The number of hydrogen-bond acceptors (Lipinski definition) is 5. The van der Waals surface area contributed by atoms with Crippen LogP contribution in [0, 0.1) is 19.8 Å². The van der Waals surface area contributed by atoms with Gasteiger partial charge in [-0.25, -0.2) is 0 Å². The Morgan fingerprint density at radius 2 is 1.97 bits per heavy atom. The second-order valence-electron chi connectivity index (χ2n) is 9.50. The topological polar surface area (TPSA) is 71.5 Å². The van der Waals surface area contributed by atoms with E-state index in [2.05, 4.69) is 24.1 Å². The molecular weight excluding hydrogens is 414 g/mol. The lowest BCUT2D eigenvalue weighted by Crippen LogP contribution is -2.40. The van der Waals surface area contributed by atoms with Crippen LogP contribution in [0.4, 0.5) is 0 Å². The monoisotopic (exact) mass is 451 g/mol. The second-order valence-corrected chi connectivity index (χ2v) is 9.50. The van der Waals surface area contributed by atoms with Crippen molar-refractivity contribution in [3.8, 4) is 5.75 Å². The summed E-state index contributed by atoms with van der Waals surface area (Å²) in [5, 5.41) is 3.21. The maximum Gasteiger partial charge on any atom is 0.246 e. The Kier molecular flexibility index (Phi) is 9.35. The van der Waals surface area contributed by atoms with Crippen molar-refractivity contribution in [3.05, 3.63) is 64.5 Å². The van der Waals surface area contributed by atoms with Gasteiger partial charge >= 0.3 is 0 Å². The van der Waals surface area contributed by atoms with Crippen LogP contribution in [0.25, 0.3) is 6.08 Å². The van der Waals surface area contributed by atoms with Crippen LogP contribution >= 0.6 is 0 Å². The van der Waals surface area contributed by atoms with Crippen molar-refractivity contribution < 1.29 is 14.3 Å². The van der Waals surface area contributed by atoms with Crippen LogP contribution in [0.2, 0.25) is 0 Å². The zero-order valence-corrected chi connectivity index (χ0v) is 20.9. The number of amides is 1. The molecule has 0 saturated carbocycles. The van der Waals surface area contributed by atoms with E-state index in [1.807, 2.05) is 52.0 Å². The molecule has 0 unspecified atom stereocenters. The Labute approximate surface area is 198 Å². The SMILES string of the molecule is Cc1cccc(CN(C)C(=O)/C=C/c2cnc(C)c(CNC(C)(C)C=O)c2)c1OCC(C)C. The van der Waals surface area contributed by atoms with Gasteiger partial charge in [-0.1, -0.05) is 32.0 Å². The van der Waals surface area contributed by atoms with Gasteiger partial charge < -0.3 is 19.7 Å². The van der Waals surface area contributed by atoms with E-state index in [-0.39, 0.29) is 5.91 Å². The highest BCUT2D eigenvalue weighted by Gasteiger charge is 2.16.